The van der Waals surface area contributed by atoms with Gasteiger partial charge in [0.05, 0.1) is 25.9 Å². The van der Waals surface area contributed by atoms with E-state index in [-0.39, 0.29) is 1.43 Å². The van der Waals surface area contributed by atoms with Crippen molar-refractivity contribution in [3.8, 4) is 11.8 Å². The highest BCUT2D eigenvalue weighted by atomic mass is 16.5. The van der Waals surface area contributed by atoms with Crippen LogP contribution in [0.4, 0.5) is 17.3 Å². The predicted octanol–water partition coefficient (Wildman–Crippen LogP) is 2.27. The summed E-state index contributed by atoms with van der Waals surface area (Å²) in [5.74, 6) is 1.11. The summed E-state index contributed by atoms with van der Waals surface area (Å²) in [5, 5.41) is 7.84. The second kappa shape index (κ2) is 9.09. The lowest BCUT2D eigenvalue weighted by Crippen LogP contribution is -2.56. The van der Waals surface area contributed by atoms with Crippen LogP contribution in [-0.4, -0.2) is 81.7 Å². The third-order valence-corrected chi connectivity index (χ3v) is 5.75. The van der Waals surface area contributed by atoms with Crippen LogP contribution in [0, 0.1) is 6.92 Å². The normalized spacial score (nSPS) is 17.2. The molecule has 3 aromatic rings. The number of anilines is 3. The number of nitrogens with one attached hydrogen (secondary N) is 1. The van der Waals surface area contributed by atoms with Gasteiger partial charge >= 0.3 is 6.01 Å². The minimum absolute atomic E-state index is 0. The van der Waals surface area contributed by atoms with E-state index in [1.165, 1.54) is 11.3 Å². The number of rotatable bonds is 7. The zero-order valence-corrected chi connectivity index (χ0v) is 18.4. The van der Waals surface area contributed by atoms with Crippen molar-refractivity contribution in [2.24, 2.45) is 0 Å². The Morgan fingerprint density at radius 1 is 1.16 bits per heavy atom. The lowest BCUT2D eigenvalue weighted by Gasteiger charge is -2.43. The molecule has 4 heterocycles. The number of hydrogen-bond donors (Lipinski definition) is 1. The van der Waals surface area contributed by atoms with Gasteiger partial charge in [-0.2, -0.15) is 9.97 Å². The van der Waals surface area contributed by atoms with Gasteiger partial charge in [-0.15, -0.1) is 5.10 Å². The maximum atomic E-state index is 5.37. The zero-order valence-electron chi connectivity index (χ0n) is 18.4. The Morgan fingerprint density at radius 2 is 2.00 bits per heavy atom. The highest BCUT2D eigenvalue weighted by Gasteiger charge is 2.29. The van der Waals surface area contributed by atoms with Crippen molar-refractivity contribution in [1.29, 1.82) is 0 Å². The Kier molecular flexibility index (Phi) is 5.87. The molecule has 0 amide bonds. The average molecular weight is 439 g/mol. The zero-order chi connectivity index (χ0) is 21.9. The summed E-state index contributed by atoms with van der Waals surface area (Å²) >= 11 is 0. The van der Waals surface area contributed by atoms with Gasteiger partial charge in [-0.25, -0.2) is 9.67 Å². The van der Waals surface area contributed by atoms with Gasteiger partial charge in [0.2, 0.25) is 5.95 Å². The number of hydrogen-bond acceptors (Lipinski definition) is 9. The molecule has 0 aliphatic carbocycles. The van der Waals surface area contributed by atoms with Crippen molar-refractivity contribution in [2.75, 3.05) is 56.2 Å². The Labute approximate surface area is 188 Å². The Balaban J connectivity index is 0.00000259. The van der Waals surface area contributed by atoms with E-state index in [1.807, 2.05) is 6.92 Å². The van der Waals surface area contributed by atoms with Gasteiger partial charge in [0.1, 0.15) is 6.33 Å². The maximum Gasteiger partial charge on any atom is 0.318 e. The minimum Gasteiger partial charge on any atom is -0.464 e. The number of ether oxygens (including phenoxy) is 2. The smallest absolute Gasteiger partial charge is 0.318 e. The van der Waals surface area contributed by atoms with Crippen LogP contribution in [0.2, 0.25) is 0 Å². The van der Waals surface area contributed by atoms with E-state index in [0.717, 1.165) is 45.1 Å². The molecule has 2 aliphatic heterocycles. The third-order valence-electron chi connectivity index (χ3n) is 5.75. The van der Waals surface area contributed by atoms with Crippen molar-refractivity contribution in [3.05, 3.63) is 42.4 Å². The number of benzene rings is 1. The first-order valence-electron chi connectivity index (χ1n) is 11.0. The molecular formula is C22H30N8O2. The van der Waals surface area contributed by atoms with Crippen molar-refractivity contribution in [1.82, 2.24) is 29.6 Å². The van der Waals surface area contributed by atoms with E-state index >= 15 is 0 Å². The molecule has 10 heteroatoms. The van der Waals surface area contributed by atoms with Crippen LogP contribution in [0.3, 0.4) is 0 Å². The molecule has 2 fully saturated rings. The SMILES string of the molecule is CCOc1nccc(-n2cnc(Nc3cc(C)cc(N4CCN(C5COC5)CC4)c3)n2)n1.[HH]. The second-order valence-electron chi connectivity index (χ2n) is 8.04. The van der Waals surface area contributed by atoms with E-state index < -0.39 is 0 Å². The molecule has 0 saturated carbocycles. The molecule has 0 radical (unpaired) electrons. The third kappa shape index (κ3) is 4.51. The summed E-state index contributed by atoms with van der Waals surface area (Å²) in [7, 11) is 0. The molecular weight excluding hydrogens is 408 g/mol. The number of aromatic nitrogens is 5. The quantitative estimate of drug-likeness (QED) is 0.596. The van der Waals surface area contributed by atoms with Crippen LogP contribution in [0.5, 0.6) is 6.01 Å². The molecule has 0 unspecified atom stereocenters. The number of nitrogens with zero attached hydrogens (tertiary/aromatic N) is 7. The summed E-state index contributed by atoms with van der Waals surface area (Å²) in [6, 6.07) is 9.18. The largest absolute Gasteiger partial charge is 0.464 e. The molecule has 2 aromatic heterocycles. The van der Waals surface area contributed by atoms with Gasteiger partial charge in [0.25, 0.3) is 0 Å². The summed E-state index contributed by atoms with van der Waals surface area (Å²) in [4.78, 5) is 17.8. The van der Waals surface area contributed by atoms with E-state index in [0.29, 0.717) is 30.4 Å². The second-order valence-corrected chi connectivity index (χ2v) is 8.04. The summed E-state index contributed by atoms with van der Waals surface area (Å²) in [6.45, 7) is 10.4. The number of aryl methyl sites for hydroxylation is 1. The van der Waals surface area contributed by atoms with Crippen LogP contribution in [-0.2, 0) is 4.74 Å². The van der Waals surface area contributed by atoms with E-state index in [2.05, 4.69) is 60.3 Å². The van der Waals surface area contributed by atoms with Gasteiger partial charge in [0.15, 0.2) is 5.82 Å². The number of piperazine rings is 1. The molecule has 1 N–H and O–H groups in total. The van der Waals surface area contributed by atoms with E-state index in [4.69, 9.17) is 9.47 Å². The highest BCUT2D eigenvalue weighted by molar-refractivity contribution is 5.64. The van der Waals surface area contributed by atoms with Crippen LogP contribution in [0.25, 0.3) is 5.82 Å². The molecule has 0 atom stereocenters. The monoisotopic (exact) mass is 438 g/mol. The van der Waals surface area contributed by atoms with Gasteiger partial charge in [0, 0.05) is 51.2 Å². The lowest BCUT2D eigenvalue weighted by molar-refractivity contribution is -0.0660. The van der Waals surface area contributed by atoms with E-state index in [9.17, 15) is 0 Å². The first-order valence-corrected chi connectivity index (χ1v) is 11.0. The van der Waals surface area contributed by atoms with E-state index in [1.54, 1.807) is 23.3 Å². The fourth-order valence-electron chi connectivity index (χ4n) is 4.01. The van der Waals surface area contributed by atoms with Gasteiger partial charge < -0.3 is 19.7 Å². The fourth-order valence-corrected chi connectivity index (χ4v) is 4.01. The molecule has 170 valence electrons. The Bertz CT molecular complexity index is 1070. The lowest BCUT2D eigenvalue weighted by atomic mass is 10.1. The molecule has 10 nitrogen and oxygen atoms in total. The standard InChI is InChI=1S/C22H28N8O2.H2/c1-3-32-22-23-5-4-20(26-22)30-15-24-21(27-30)25-17-10-16(2)11-18(12-17)28-6-8-29(9-7-28)19-13-31-14-19;/h4-5,10-12,15,19H,3,6-9,13-14H2,1-2H3,(H,25,27);1H. The van der Waals surface area contributed by atoms with Crippen molar-refractivity contribution < 1.29 is 10.9 Å². The minimum atomic E-state index is 0. The van der Waals surface area contributed by atoms with Crippen LogP contribution in [0.15, 0.2) is 36.8 Å². The first kappa shape index (κ1) is 20.7. The average Bonchev–Trinajstić information content (AvgIpc) is 3.22. The Morgan fingerprint density at radius 3 is 2.75 bits per heavy atom. The molecule has 32 heavy (non-hydrogen) atoms. The summed E-state index contributed by atoms with van der Waals surface area (Å²) in [5.41, 5.74) is 3.37. The summed E-state index contributed by atoms with van der Waals surface area (Å²) < 4.78 is 12.3. The maximum absolute atomic E-state index is 5.37. The summed E-state index contributed by atoms with van der Waals surface area (Å²) in [6.07, 6.45) is 3.27. The van der Waals surface area contributed by atoms with Gasteiger partial charge in [-0.1, -0.05) is 0 Å². The van der Waals surface area contributed by atoms with Crippen molar-refractivity contribution >= 4 is 17.3 Å². The molecule has 2 aliphatic rings. The molecule has 0 spiro atoms. The van der Waals surface area contributed by atoms with Crippen LogP contribution < -0.4 is 15.0 Å². The molecule has 2 saturated heterocycles. The van der Waals surface area contributed by atoms with Crippen LogP contribution in [0.1, 0.15) is 13.9 Å². The highest BCUT2D eigenvalue weighted by Crippen LogP contribution is 2.26. The molecule has 1 aromatic carbocycles. The topological polar surface area (TPSA) is 93.5 Å². The van der Waals surface area contributed by atoms with Gasteiger partial charge in [-0.3, -0.25) is 4.90 Å². The predicted molar refractivity (Wildman–Crippen MR) is 123 cm³/mol. The van der Waals surface area contributed by atoms with Gasteiger partial charge in [-0.05, 0) is 37.6 Å². The van der Waals surface area contributed by atoms with Crippen molar-refractivity contribution in [2.45, 2.75) is 19.9 Å². The Hall–Kier alpha value is -3.24. The first-order chi connectivity index (χ1) is 15.7. The van der Waals surface area contributed by atoms with Crippen molar-refractivity contribution in [3.63, 3.8) is 0 Å². The van der Waals surface area contributed by atoms with Crippen LogP contribution >= 0.6 is 0 Å². The fraction of sp³-hybridized carbons (Fsp3) is 0.455. The molecule has 5 rings (SSSR count). The molecule has 0 bridgehead atoms.